The quantitative estimate of drug-likeness (QED) is 0.658. The second kappa shape index (κ2) is 8.78. The number of nitrogens with one attached hydrogen (secondary N) is 1. The minimum Gasteiger partial charge on any atom is -0.497 e. The molecule has 2 heterocycles. The van der Waals surface area contributed by atoms with Crippen molar-refractivity contribution in [1.29, 1.82) is 0 Å². The first-order valence-corrected chi connectivity index (χ1v) is 10.2. The number of cyclic esters (lactones) is 1. The van der Waals surface area contributed by atoms with Crippen LogP contribution in [0.5, 0.6) is 17.2 Å². The van der Waals surface area contributed by atoms with Crippen LogP contribution in [0.4, 0.5) is 0 Å². The van der Waals surface area contributed by atoms with Gasteiger partial charge >= 0.3 is 5.97 Å². The van der Waals surface area contributed by atoms with Crippen LogP contribution in [0.2, 0.25) is 0 Å². The molecular formula is C23H24N2O7. The molecule has 1 N–H and O–H groups in total. The van der Waals surface area contributed by atoms with Gasteiger partial charge in [0.2, 0.25) is 18.0 Å². The monoisotopic (exact) mass is 440 g/mol. The van der Waals surface area contributed by atoms with E-state index in [-0.39, 0.29) is 29.5 Å². The topological polar surface area (TPSA) is 103 Å². The van der Waals surface area contributed by atoms with Crippen LogP contribution < -0.4 is 19.5 Å². The Hall–Kier alpha value is -3.75. The van der Waals surface area contributed by atoms with Gasteiger partial charge in [0.15, 0.2) is 11.5 Å². The van der Waals surface area contributed by atoms with E-state index in [0.29, 0.717) is 24.3 Å². The summed E-state index contributed by atoms with van der Waals surface area (Å²) in [6.07, 6.45) is -0.467. The number of nitrogens with zero attached hydrogens (tertiary/aromatic N) is 1. The maximum atomic E-state index is 13.0. The number of ether oxygens (including phenoxy) is 4. The number of esters is 1. The van der Waals surface area contributed by atoms with Gasteiger partial charge in [-0.05, 0) is 36.2 Å². The molecule has 0 radical (unpaired) electrons. The molecule has 2 aromatic rings. The predicted octanol–water partition coefficient (Wildman–Crippen LogP) is 2.19. The van der Waals surface area contributed by atoms with Crippen LogP contribution in [-0.4, -0.2) is 50.1 Å². The largest absolute Gasteiger partial charge is 0.497 e. The molecule has 2 aliphatic heterocycles. The van der Waals surface area contributed by atoms with Crippen LogP contribution in [0.15, 0.2) is 36.4 Å². The molecule has 2 aromatic carbocycles. The Morgan fingerprint density at radius 2 is 1.81 bits per heavy atom. The Bertz CT molecular complexity index is 1050. The van der Waals surface area contributed by atoms with Gasteiger partial charge in [-0.3, -0.25) is 14.5 Å². The fourth-order valence-corrected chi connectivity index (χ4v) is 4.09. The number of fused-ring (bicyclic) bond motifs is 1. The zero-order valence-corrected chi connectivity index (χ0v) is 18.0. The molecule has 168 valence electrons. The minimum absolute atomic E-state index is 0.192. The maximum Gasteiger partial charge on any atom is 0.344 e. The first-order chi connectivity index (χ1) is 15.5. The number of likely N-dealkylation sites (tertiary alicyclic amines) is 1. The van der Waals surface area contributed by atoms with Gasteiger partial charge in [-0.15, -0.1) is 0 Å². The molecule has 1 saturated heterocycles. The number of rotatable bonds is 7. The lowest BCUT2D eigenvalue weighted by Crippen LogP contribution is -2.46. The van der Waals surface area contributed by atoms with E-state index in [0.717, 1.165) is 11.3 Å². The zero-order chi connectivity index (χ0) is 22.8. The summed E-state index contributed by atoms with van der Waals surface area (Å²) in [4.78, 5) is 39.6. The molecule has 32 heavy (non-hydrogen) atoms. The van der Waals surface area contributed by atoms with Crippen molar-refractivity contribution in [2.45, 2.75) is 31.7 Å². The summed E-state index contributed by atoms with van der Waals surface area (Å²) >= 11 is 0. The van der Waals surface area contributed by atoms with Gasteiger partial charge in [0.25, 0.3) is 0 Å². The molecule has 0 spiro atoms. The average molecular weight is 440 g/mol. The van der Waals surface area contributed by atoms with E-state index in [2.05, 4.69) is 5.32 Å². The maximum absolute atomic E-state index is 13.0. The summed E-state index contributed by atoms with van der Waals surface area (Å²) in [5.41, 5.74) is 1.56. The summed E-state index contributed by atoms with van der Waals surface area (Å²) in [6, 6.07) is 9.87. The van der Waals surface area contributed by atoms with E-state index in [1.807, 2.05) is 24.3 Å². The van der Waals surface area contributed by atoms with Gasteiger partial charge in [-0.25, -0.2) is 4.79 Å². The summed E-state index contributed by atoms with van der Waals surface area (Å²) in [7, 11) is 4.48. The van der Waals surface area contributed by atoms with E-state index in [1.165, 1.54) is 19.1 Å². The van der Waals surface area contributed by atoms with E-state index < -0.39 is 18.2 Å². The van der Waals surface area contributed by atoms with Crippen LogP contribution in [0.1, 0.15) is 40.6 Å². The molecule has 0 saturated carbocycles. The molecule has 2 aliphatic rings. The van der Waals surface area contributed by atoms with E-state index in [4.69, 9.17) is 18.9 Å². The number of carbonyl (C=O) groups excluding carboxylic acids is 3. The van der Waals surface area contributed by atoms with Crippen LogP contribution in [0, 0.1) is 0 Å². The fraction of sp³-hybridized carbons (Fsp3) is 0.348. The Morgan fingerprint density at radius 3 is 2.47 bits per heavy atom. The highest BCUT2D eigenvalue weighted by molar-refractivity contribution is 5.99. The van der Waals surface area contributed by atoms with Crippen molar-refractivity contribution in [2.75, 3.05) is 21.3 Å². The first kappa shape index (κ1) is 21.5. The van der Waals surface area contributed by atoms with Crippen molar-refractivity contribution in [3.63, 3.8) is 0 Å². The molecule has 0 bridgehead atoms. The standard InChI is InChI=1S/C23H24N2O7/c1-29-14-6-4-13(5-7-14)12-24-21(27)16-9-11-18(26)25(16)22-15-8-10-17(30-2)20(31-3)19(15)23(28)32-22/h4-8,10,16,22H,9,11-12H2,1-3H3,(H,24,27)/t16-,22-/m0/s1. The van der Waals surface area contributed by atoms with Gasteiger partial charge < -0.3 is 24.3 Å². The number of benzene rings is 2. The van der Waals surface area contributed by atoms with Gasteiger partial charge in [0.1, 0.15) is 17.4 Å². The molecule has 1 fully saturated rings. The minimum atomic E-state index is -0.996. The first-order valence-electron chi connectivity index (χ1n) is 10.2. The molecule has 9 heteroatoms. The Balaban J connectivity index is 1.55. The molecule has 0 aliphatic carbocycles. The molecule has 2 amide bonds. The smallest absolute Gasteiger partial charge is 0.344 e. The number of carbonyl (C=O) groups is 3. The molecule has 9 nitrogen and oxygen atoms in total. The third-order valence-corrected chi connectivity index (χ3v) is 5.70. The van der Waals surface area contributed by atoms with Crippen molar-refractivity contribution < 1.29 is 33.3 Å². The van der Waals surface area contributed by atoms with Gasteiger partial charge in [0, 0.05) is 18.5 Å². The molecule has 2 atom stereocenters. The highest BCUT2D eigenvalue weighted by Crippen LogP contribution is 2.45. The number of hydrogen-bond acceptors (Lipinski definition) is 7. The second-order valence-corrected chi connectivity index (χ2v) is 7.44. The van der Waals surface area contributed by atoms with Gasteiger partial charge in [-0.2, -0.15) is 0 Å². The van der Waals surface area contributed by atoms with Crippen LogP contribution >= 0.6 is 0 Å². The Kier molecular flexibility index (Phi) is 5.89. The van der Waals surface area contributed by atoms with E-state index in [9.17, 15) is 14.4 Å². The molecule has 0 unspecified atom stereocenters. The lowest BCUT2D eigenvalue weighted by atomic mass is 10.1. The number of amides is 2. The summed E-state index contributed by atoms with van der Waals surface area (Å²) in [6.45, 7) is 0.299. The van der Waals surface area contributed by atoms with Gasteiger partial charge in [0.05, 0.1) is 21.3 Å². The third kappa shape index (κ3) is 3.70. The van der Waals surface area contributed by atoms with Crippen molar-refractivity contribution in [3.8, 4) is 17.2 Å². The summed E-state index contributed by atoms with van der Waals surface area (Å²) < 4.78 is 21.3. The average Bonchev–Trinajstić information content (AvgIpc) is 3.36. The molecule has 0 aromatic heterocycles. The van der Waals surface area contributed by atoms with Crippen LogP contribution in [0.25, 0.3) is 0 Å². The third-order valence-electron chi connectivity index (χ3n) is 5.70. The lowest BCUT2D eigenvalue weighted by molar-refractivity contribution is -0.145. The zero-order valence-electron chi connectivity index (χ0n) is 18.0. The van der Waals surface area contributed by atoms with E-state index in [1.54, 1.807) is 19.2 Å². The van der Waals surface area contributed by atoms with Crippen molar-refractivity contribution in [1.82, 2.24) is 10.2 Å². The highest BCUT2D eigenvalue weighted by Gasteiger charge is 2.47. The van der Waals surface area contributed by atoms with Gasteiger partial charge in [-0.1, -0.05) is 12.1 Å². The normalized spacial score (nSPS) is 19.4. The molecular weight excluding hydrogens is 416 g/mol. The number of hydrogen-bond donors (Lipinski definition) is 1. The highest BCUT2D eigenvalue weighted by atomic mass is 16.6. The predicted molar refractivity (Wildman–Crippen MR) is 112 cm³/mol. The fourth-order valence-electron chi connectivity index (χ4n) is 4.09. The van der Waals surface area contributed by atoms with Crippen molar-refractivity contribution in [2.24, 2.45) is 0 Å². The van der Waals surface area contributed by atoms with Crippen LogP contribution in [0.3, 0.4) is 0 Å². The van der Waals surface area contributed by atoms with E-state index >= 15 is 0 Å². The lowest BCUT2D eigenvalue weighted by Gasteiger charge is -2.29. The SMILES string of the molecule is COc1ccc(CNC(=O)[C@@H]2CCC(=O)N2[C@H]2OC(=O)c3c2ccc(OC)c3OC)cc1. The molecule has 4 rings (SSSR count). The second-order valence-electron chi connectivity index (χ2n) is 7.44. The van der Waals surface area contributed by atoms with Crippen molar-refractivity contribution >= 4 is 17.8 Å². The number of methoxy groups -OCH3 is 3. The summed E-state index contributed by atoms with van der Waals surface area (Å²) in [5, 5.41) is 2.87. The summed E-state index contributed by atoms with van der Waals surface area (Å²) in [5.74, 6) is 0.154. The van der Waals surface area contributed by atoms with Crippen molar-refractivity contribution in [3.05, 3.63) is 53.1 Å². The Morgan fingerprint density at radius 1 is 1.06 bits per heavy atom. The van der Waals surface area contributed by atoms with Crippen LogP contribution in [-0.2, 0) is 20.9 Å². The Labute approximate surface area is 185 Å².